The normalized spacial score (nSPS) is 11.1. The second kappa shape index (κ2) is 6.54. The molecule has 0 saturated carbocycles. The summed E-state index contributed by atoms with van der Waals surface area (Å²) in [5.41, 5.74) is 0.173. The number of carbonyl (C=O) groups excluding carboxylic acids is 1. The van der Waals surface area contributed by atoms with Gasteiger partial charge in [0.2, 0.25) is 5.82 Å². The molecule has 1 N–H and O–H groups in total. The summed E-state index contributed by atoms with van der Waals surface area (Å²) in [7, 11) is 0. The Morgan fingerprint density at radius 2 is 1.52 bits per heavy atom. The third kappa shape index (κ3) is 3.07. The van der Waals surface area contributed by atoms with Gasteiger partial charge in [0.1, 0.15) is 6.61 Å². The van der Waals surface area contributed by atoms with Gasteiger partial charge in [0, 0.05) is 17.1 Å². The number of para-hydroxylation sites is 1. The first-order chi connectivity index (χ1) is 11.9. The van der Waals surface area contributed by atoms with E-state index in [9.17, 15) is 26.7 Å². The Morgan fingerprint density at radius 1 is 0.920 bits per heavy atom. The molecule has 8 heteroatoms. The van der Waals surface area contributed by atoms with Crippen LogP contribution in [0, 0.1) is 29.1 Å². The number of nitrogens with one attached hydrogen (secondary N) is 1. The predicted octanol–water partition coefficient (Wildman–Crippen LogP) is 4.15. The smallest absolute Gasteiger partial charge is 0.310 e. The maximum absolute atomic E-state index is 13.5. The number of ether oxygens (including phenoxy) is 1. The molecule has 0 spiro atoms. The molecule has 0 atom stereocenters. The number of esters is 1. The quantitative estimate of drug-likeness (QED) is 0.331. The Morgan fingerprint density at radius 3 is 2.20 bits per heavy atom. The number of rotatable bonds is 4. The van der Waals surface area contributed by atoms with Gasteiger partial charge in [-0.2, -0.15) is 0 Å². The summed E-state index contributed by atoms with van der Waals surface area (Å²) in [6.45, 7) is -1.06. The van der Waals surface area contributed by atoms with E-state index in [2.05, 4.69) is 9.72 Å². The van der Waals surface area contributed by atoms with Crippen LogP contribution in [0.1, 0.15) is 11.1 Å². The molecule has 0 aliphatic rings. The monoisotopic (exact) mass is 355 g/mol. The van der Waals surface area contributed by atoms with Gasteiger partial charge in [0.25, 0.3) is 0 Å². The highest BCUT2D eigenvalue weighted by molar-refractivity contribution is 5.87. The molecule has 3 nitrogen and oxygen atoms in total. The molecule has 0 aliphatic carbocycles. The van der Waals surface area contributed by atoms with Crippen molar-refractivity contribution in [2.45, 2.75) is 13.0 Å². The van der Waals surface area contributed by atoms with Crippen LogP contribution in [0.2, 0.25) is 0 Å². The number of hydrogen-bond acceptors (Lipinski definition) is 2. The van der Waals surface area contributed by atoms with Gasteiger partial charge in [-0.1, -0.05) is 18.2 Å². The van der Waals surface area contributed by atoms with Crippen LogP contribution >= 0.6 is 0 Å². The fourth-order valence-electron chi connectivity index (χ4n) is 2.41. The molecule has 0 bridgehead atoms. The highest BCUT2D eigenvalue weighted by atomic mass is 19.2. The maximum atomic E-state index is 13.5. The topological polar surface area (TPSA) is 42.1 Å². The van der Waals surface area contributed by atoms with Crippen molar-refractivity contribution in [1.82, 2.24) is 4.98 Å². The number of benzene rings is 2. The van der Waals surface area contributed by atoms with E-state index in [1.807, 2.05) is 0 Å². The summed E-state index contributed by atoms with van der Waals surface area (Å²) < 4.78 is 70.9. The van der Waals surface area contributed by atoms with Crippen molar-refractivity contribution in [3.63, 3.8) is 0 Å². The highest BCUT2D eigenvalue weighted by Gasteiger charge is 2.26. The number of H-pyrrole nitrogens is 1. The minimum Gasteiger partial charge on any atom is -0.460 e. The molecule has 2 aromatic carbocycles. The van der Waals surface area contributed by atoms with Crippen molar-refractivity contribution in [2.24, 2.45) is 0 Å². The van der Waals surface area contributed by atoms with Gasteiger partial charge in [0.15, 0.2) is 23.3 Å². The molecule has 1 heterocycles. The van der Waals surface area contributed by atoms with Crippen molar-refractivity contribution < 1.29 is 31.5 Å². The molecule has 3 rings (SSSR count). The molecule has 0 fully saturated rings. The van der Waals surface area contributed by atoms with Crippen LogP contribution < -0.4 is 0 Å². The lowest BCUT2D eigenvalue weighted by atomic mass is 10.1. The van der Waals surface area contributed by atoms with Gasteiger partial charge in [-0.25, -0.2) is 22.0 Å². The Hall–Kier alpha value is -2.90. The van der Waals surface area contributed by atoms with E-state index in [-0.39, 0.29) is 6.42 Å². The molecule has 0 unspecified atom stereocenters. The molecule has 0 saturated heterocycles. The van der Waals surface area contributed by atoms with Crippen LogP contribution in [0.3, 0.4) is 0 Å². The fourth-order valence-corrected chi connectivity index (χ4v) is 2.41. The van der Waals surface area contributed by atoms with Crippen LogP contribution in [0.5, 0.6) is 0 Å². The summed E-state index contributed by atoms with van der Waals surface area (Å²) in [5, 5.41) is 0.760. The number of aromatic amines is 1. The van der Waals surface area contributed by atoms with Crippen molar-refractivity contribution in [2.75, 3.05) is 0 Å². The number of carbonyl (C=O) groups is 1. The van der Waals surface area contributed by atoms with Gasteiger partial charge in [-0.15, -0.1) is 0 Å². The third-order valence-electron chi connectivity index (χ3n) is 3.69. The third-order valence-corrected chi connectivity index (χ3v) is 3.69. The minimum absolute atomic E-state index is 0.223. The lowest BCUT2D eigenvalue weighted by Gasteiger charge is -2.09. The summed E-state index contributed by atoms with van der Waals surface area (Å²) in [4.78, 5) is 14.8. The van der Waals surface area contributed by atoms with Gasteiger partial charge in [-0.05, 0) is 11.6 Å². The molecule has 3 aromatic rings. The molecule has 0 amide bonds. The lowest BCUT2D eigenvalue weighted by molar-refractivity contribution is -0.144. The first kappa shape index (κ1) is 16.9. The summed E-state index contributed by atoms with van der Waals surface area (Å²) in [5.74, 6) is -11.3. The first-order valence-corrected chi connectivity index (χ1v) is 7.11. The fraction of sp³-hybridized carbons (Fsp3) is 0.118. The number of halogens is 5. The first-order valence-electron chi connectivity index (χ1n) is 7.11. The van der Waals surface area contributed by atoms with Crippen molar-refractivity contribution in [3.8, 4) is 0 Å². The summed E-state index contributed by atoms with van der Waals surface area (Å²) in [6.07, 6.45) is 1.35. The SMILES string of the molecule is O=C(Cc1c[nH]c2ccccc12)OCc1c(F)c(F)c(F)c(F)c1F. The van der Waals surface area contributed by atoms with Gasteiger partial charge >= 0.3 is 5.97 Å². The van der Waals surface area contributed by atoms with Crippen LogP contribution in [0.15, 0.2) is 30.5 Å². The second-order valence-electron chi connectivity index (χ2n) is 5.25. The standard InChI is InChI=1S/C17H10F5NO2/c18-13-10(14(19)16(21)17(22)15(13)20)7-25-12(24)5-8-6-23-11-4-2-1-3-9(8)11/h1-4,6,23H,5,7H2. The number of aromatic nitrogens is 1. The van der Waals surface area contributed by atoms with E-state index in [4.69, 9.17) is 0 Å². The summed E-state index contributed by atoms with van der Waals surface area (Å²) in [6, 6.07) is 7.11. The minimum atomic E-state index is -2.26. The zero-order valence-corrected chi connectivity index (χ0v) is 12.5. The Labute approximate surface area is 138 Å². The largest absolute Gasteiger partial charge is 0.460 e. The van der Waals surface area contributed by atoms with E-state index in [0.717, 1.165) is 10.9 Å². The van der Waals surface area contributed by atoms with E-state index >= 15 is 0 Å². The molecule has 25 heavy (non-hydrogen) atoms. The maximum Gasteiger partial charge on any atom is 0.310 e. The second-order valence-corrected chi connectivity index (χ2v) is 5.25. The molecule has 130 valence electrons. The average molecular weight is 355 g/mol. The van der Waals surface area contributed by atoms with Crippen LogP contribution in [-0.4, -0.2) is 11.0 Å². The van der Waals surface area contributed by atoms with Crippen molar-refractivity contribution in [3.05, 3.63) is 70.7 Å². The van der Waals surface area contributed by atoms with E-state index in [0.29, 0.717) is 5.56 Å². The Balaban J connectivity index is 1.75. The van der Waals surface area contributed by atoms with E-state index < -0.39 is 47.2 Å². The lowest BCUT2D eigenvalue weighted by Crippen LogP contribution is -2.12. The van der Waals surface area contributed by atoms with Crippen LogP contribution in [0.25, 0.3) is 10.9 Å². The highest BCUT2D eigenvalue weighted by Crippen LogP contribution is 2.24. The number of hydrogen-bond donors (Lipinski definition) is 1. The zero-order valence-electron chi connectivity index (χ0n) is 12.5. The molecular formula is C17H10F5NO2. The van der Waals surface area contributed by atoms with E-state index in [1.165, 1.54) is 0 Å². The molecule has 0 aliphatic heterocycles. The van der Waals surface area contributed by atoms with Crippen molar-refractivity contribution >= 4 is 16.9 Å². The predicted molar refractivity (Wildman–Crippen MR) is 78.0 cm³/mol. The molecule has 1 aromatic heterocycles. The Kier molecular flexibility index (Phi) is 4.43. The zero-order chi connectivity index (χ0) is 18.1. The van der Waals surface area contributed by atoms with Gasteiger partial charge in [-0.3, -0.25) is 4.79 Å². The summed E-state index contributed by atoms with van der Waals surface area (Å²) >= 11 is 0. The molecule has 0 radical (unpaired) electrons. The van der Waals surface area contributed by atoms with Gasteiger partial charge in [0.05, 0.1) is 12.0 Å². The van der Waals surface area contributed by atoms with E-state index in [1.54, 1.807) is 30.5 Å². The van der Waals surface area contributed by atoms with Crippen LogP contribution in [-0.2, 0) is 22.6 Å². The number of fused-ring (bicyclic) bond motifs is 1. The van der Waals surface area contributed by atoms with Crippen molar-refractivity contribution in [1.29, 1.82) is 0 Å². The Bertz CT molecular complexity index is 938. The van der Waals surface area contributed by atoms with Gasteiger partial charge < -0.3 is 9.72 Å². The van der Waals surface area contributed by atoms with Crippen LogP contribution in [0.4, 0.5) is 22.0 Å². The average Bonchev–Trinajstić information content (AvgIpc) is 3.01. The molecular weight excluding hydrogens is 345 g/mol.